The summed E-state index contributed by atoms with van der Waals surface area (Å²) >= 11 is 0. The van der Waals surface area contributed by atoms with E-state index in [1.54, 1.807) is 0 Å². The van der Waals surface area contributed by atoms with Gasteiger partial charge in [0, 0.05) is 0 Å². The van der Waals surface area contributed by atoms with Gasteiger partial charge in [-0.3, -0.25) is 0 Å². The van der Waals surface area contributed by atoms with Gasteiger partial charge in [-0.25, -0.2) is 22.0 Å². The van der Waals surface area contributed by atoms with E-state index in [1.165, 1.54) is 0 Å². The Labute approximate surface area is 162 Å². The molecule has 0 bridgehead atoms. The third-order valence-electron chi connectivity index (χ3n) is 3.85. The molecule has 1 heterocycles. The van der Waals surface area contributed by atoms with E-state index < -0.39 is 53.7 Å². The number of hydrogen-bond acceptors (Lipinski definition) is 3. The Kier molecular flexibility index (Phi) is 8.00. The third-order valence-corrected chi connectivity index (χ3v) is 3.85. The van der Waals surface area contributed by atoms with E-state index in [0.717, 1.165) is 0 Å². The van der Waals surface area contributed by atoms with Gasteiger partial charge in [0.1, 0.15) is 17.2 Å². The predicted octanol–water partition coefficient (Wildman–Crippen LogP) is 5.96. The molecular weight excluding hydrogens is 409 g/mol. The van der Waals surface area contributed by atoms with Gasteiger partial charge in [0.15, 0.2) is 23.8 Å². The molecule has 1 saturated heterocycles. The van der Waals surface area contributed by atoms with Gasteiger partial charge >= 0.3 is 6.11 Å². The molecule has 0 radical (unpaired) electrons. The normalized spacial score (nSPS) is 20.7. The van der Waals surface area contributed by atoms with Crippen molar-refractivity contribution >= 4 is 0 Å². The number of rotatable bonds is 7. The topological polar surface area (TPSA) is 27.7 Å². The molecule has 1 fully saturated rings. The minimum Gasteiger partial charge on any atom is -0.349 e. The van der Waals surface area contributed by atoms with Crippen molar-refractivity contribution in [2.75, 3.05) is 19.8 Å². The summed E-state index contributed by atoms with van der Waals surface area (Å²) in [6, 6.07) is 0. The number of allylic oxidation sites excluding steroid dienone is 7. The predicted molar refractivity (Wildman–Crippen MR) is 89.9 cm³/mol. The van der Waals surface area contributed by atoms with Gasteiger partial charge in [0.2, 0.25) is 0 Å². The Morgan fingerprint density at radius 3 is 2.48 bits per heavy atom. The Morgan fingerprint density at radius 2 is 1.86 bits per heavy atom. The average molecular weight is 426 g/mol. The monoisotopic (exact) mass is 426 g/mol. The average Bonchev–Trinajstić information content (AvgIpc) is 2.85. The molecule has 0 saturated carbocycles. The van der Waals surface area contributed by atoms with Crippen LogP contribution in [0.2, 0.25) is 0 Å². The maximum atomic E-state index is 14.4. The second-order valence-corrected chi connectivity index (χ2v) is 5.87. The van der Waals surface area contributed by atoms with Crippen molar-refractivity contribution in [2.45, 2.75) is 25.2 Å². The first kappa shape index (κ1) is 23.1. The molecule has 0 aromatic rings. The summed E-state index contributed by atoms with van der Waals surface area (Å²) in [5.74, 6) is -8.69. The second kappa shape index (κ2) is 10.0. The molecule has 0 atom stereocenters. The fourth-order valence-electron chi connectivity index (χ4n) is 2.45. The maximum absolute atomic E-state index is 14.4. The lowest BCUT2D eigenvalue weighted by atomic mass is 10.1. The highest BCUT2D eigenvalue weighted by atomic mass is 19.3. The summed E-state index contributed by atoms with van der Waals surface area (Å²) in [5.41, 5.74) is -1.63. The van der Waals surface area contributed by atoms with Crippen molar-refractivity contribution < 1.29 is 44.9 Å². The van der Waals surface area contributed by atoms with Crippen molar-refractivity contribution in [3.63, 3.8) is 0 Å². The number of halogens is 7. The van der Waals surface area contributed by atoms with Crippen molar-refractivity contribution in [3.05, 3.63) is 71.2 Å². The lowest BCUT2D eigenvalue weighted by Crippen LogP contribution is -2.26. The largest absolute Gasteiger partial charge is 0.389 e. The van der Waals surface area contributed by atoms with Crippen LogP contribution in [0.5, 0.6) is 0 Å². The van der Waals surface area contributed by atoms with E-state index in [-0.39, 0.29) is 18.1 Å². The molecule has 1 aliphatic heterocycles. The molecule has 10 heteroatoms. The van der Waals surface area contributed by atoms with Gasteiger partial charge in [-0.05, 0) is 42.7 Å². The van der Waals surface area contributed by atoms with Crippen molar-refractivity contribution in [1.29, 1.82) is 0 Å². The van der Waals surface area contributed by atoms with Crippen molar-refractivity contribution in [3.8, 4) is 0 Å². The van der Waals surface area contributed by atoms with Crippen LogP contribution in [0.4, 0.5) is 30.7 Å². The first-order valence-electron chi connectivity index (χ1n) is 8.42. The van der Waals surface area contributed by atoms with Crippen LogP contribution in [-0.4, -0.2) is 32.2 Å². The molecule has 0 unspecified atom stereocenters. The van der Waals surface area contributed by atoms with Crippen molar-refractivity contribution in [1.82, 2.24) is 0 Å². The Morgan fingerprint density at radius 1 is 1.21 bits per heavy atom. The summed E-state index contributed by atoms with van der Waals surface area (Å²) in [7, 11) is 0. The van der Waals surface area contributed by atoms with Crippen LogP contribution in [0.25, 0.3) is 0 Å². The summed E-state index contributed by atoms with van der Waals surface area (Å²) in [5, 5.41) is 0. The molecule has 0 aromatic carbocycles. The molecule has 0 amide bonds. The number of ether oxygens (including phenoxy) is 3. The first-order valence-corrected chi connectivity index (χ1v) is 8.42. The van der Waals surface area contributed by atoms with E-state index in [2.05, 4.69) is 11.3 Å². The third kappa shape index (κ3) is 5.91. The fraction of sp³-hybridized carbons (Fsp3) is 0.368. The second-order valence-electron chi connectivity index (χ2n) is 5.87. The number of hydrogen-bond donors (Lipinski definition) is 0. The molecule has 2 rings (SSSR count). The zero-order valence-corrected chi connectivity index (χ0v) is 15.0. The van der Waals surface area contributed by atoms with Crippen LogP contribution < -0.4 is 0 Å². The highest BCUT2D eigenvalue weighted by molar-refractivity contribution is 5.42. The van der Waals surface area contributed by atoms with Crippen LogP contribution in [0.3, 0.4) is 0 Å². The van der Waals surface area contributed by atoms with Crippen LogP contribution in [0, 0.1) is 0 Å². The van der Waals surface area contributed by atoms with Gasteiger partial charge in [-0.2, -0.15) is 8.78 Å². The summed E-state index contributed by atoms with van der Waals surface area (Å²) in [6.07, 6.45) is -3.32. The summed E-state index contributed by atoms with van der Waals surface area (Å²) in [4.78, 5) is 0. The standard InChI is InChI=1S/C19H17F7O3/c1-2-12(20)17(24)14(22)6-9-29-19(25,26)16-13(21)5-4-11(10-15(16)23)18-27-7-3-8-28-18/h2,5-6,10,18H,1,3-4,7-9H2/b14-6+,17-12-. The maximum Gasteiger partial charge on any atom is 0.389 e. The van der Waals surface area contributed by atoms with Crippen LogP contribution in [-0.2, 0) is 14.2 Å². The lowest BCUT2D eigenvalue weighted by Gasteiger charge is -2.24. The quantitative estimate of drug-likeness (QED) is 0.372. The Bertz CT molecular complexity index is 788. The zero-order chi connectivity index (χ0) is 21.6. The van der Waals surface area contributed by atoms with Crippen LogP contribution >= 0.6 is 0 Å². The van der Waals surface area contributed by atoms with Gasteiger partial charge in [0.05, 0.1) is 19.8 Å². The highest BCUT2D eigenvalue weighted by Crippen LogP contribution is 2.38. The molecule has 0 N–H and O–H groups in total. The molecule has 3 nitrogen and oxygen atoms in total. The van der Waals surface area contributed by atoms with Gasteiger partial charge in [-0.15, -0.1) is 0 Å². The minimum atomic E-state index is -4.53. The fourth-order valence-corrected chi connectivity index (χ4v) is 2.45. The Hall–Kier alpha value is -2.17. The molecule has 0 spiro atoms. The summed E-state index contributed by atoms with van der Waals surface area (Å²) < 4.78 is 111. The SMILES string of the molecule is C=C/C(F)=C(F)\C(F)=C/COC(F)(F)C1=C(F)C=C(C2OCCCO2)CC=C1F. The van der Waals surface area contributed by atoms with E-state index in [1.807, 2.05) is 0 Å². The van der Waals surface area contributed by atoms with Crippen LogP contribution in [0.1, 0.15) is 12.8 Å². The van der Waals surface area contributed by atoms with E-state index >= 15 is 0 Å². The number of alkyl halides is 2. The van der Waals surface area contributed by atoms with Crippen molar-refractivity contribution in [2.24, 2.45) is 0 Å². The zero-order valence-electron chi connectivity index (χ0n) is 15.0. The highest BCUT2D eigenvalue weighted by Gasteiger charge is 2.42. The molecule has 29 heavy (non-hydrogen) atoms. The van der Waals surface area contributed by atoms with E-state index in [4.69, 9.17) is 9.47 Å². The summed E-state index contributed by atoms with van der Waals surface area (Å²) in [6.45, 7) is 2.19. The lowest BCUT2D eigenvalue weighted by molar-refractivity contribution is -0.202. The van der Waals surface area contributed by atoms with Gasteiger partial charge in [0.25, 0.3) is 0 Å². The molecule has 1 aliphatic carbocycles. The van der Waals surface area contributed by atoms with E-state index in [0.29, 0.717) is 37.9 Å². The molecule has 160 valence electrons. The first-order chi connectivity index (χ1) is 13.7. The molecule has 0 aromatic heterocycles. The molecular formula is C19H17F7O3. The minimum absolute atomic E-state index is 0.0844. The van der Waals surface area contributed by atoms with Crippen LogP contribution in [0.15, 0.2) is 71.2 Å². The van der Waals surface area contributed by atoms with Gasteiger partial charge in [-0.1, -0.05) is 6.58 Å². The molecule has 2 aliphatic rings. The van der Waals surface area contributed by atoms with Gasteiger partial charge < -0.3 is 14.2 Å². The smallest absolute Gasteiger partial charge is 0.349 e. The Balaban J connectivity index is 2.20. The van der Waals surface area contributed by atoms with E-state index in [9.17, 15) is 30.7 Å².